The molecule has 1 unspecified atom stereocenters. The summed E-state index contributed by atoms with van der Waals surface area (Å²) in [6.07, 6.45) is 0.122. The third kappa shape index (κ3) is 8.05. The smallest absolute Gasteiger partial charge is 0.346 e. The molecule has 1 heterocycles. The molecule has 0 spiro atoms. The van der Waals surface area contributed by atoms with E-state index in [0.29, 0.717) is 12.6 Å². The van der Waals surface area contributed by atoms with Gasteiger partial charge < -0.3 is 10.6 Å². The summed E-state index contributed by atoms with van der Waals surface area (Å²) in [4.78, 5) is 13.0. The zero-order valence-corrected chi connectivity index (χ0v) is 11.2. The van der Waals surface area contributed by atoms with Crippen LogP contribution < -0.4 is 10.6 Å². The van der Waals surface area contributed by atoms with Crippen molar-refractivity contribution in [3.05, 3.63) is 0 Å². The van der Waals surface area contributed by atoms with E-state index < -0.39 is 18.6 Å². The van der Waals surface area contributed by atoms with Crippen molar-refractivity contribution < 1.29 is 18.0 Å². The topological polar surface area (TPSA) is 44.4 Å². The SMILES string of the molecule is CN(CCC1CCCCN1)CC(=O)NCC(F)(F)F. The van der Waals surface area contributed by atoms with E-state index in [1.54, 1.807) is 11.9 Å². The highest BCUT2D eigenvalue weighted by Crippen LogP contribution is 2.12. The predicted molar refractivity (Wildman–Crippen MR) is 66.8 cm³/mol. The van der Waals surface area contributed by atoms with Crippen LogP contribution in [-0.4, -0.2) is 56.3 Å². The van der Waals surface area contributed by atoms with Crippen LogP contribution in [0.25, 0.3) is 0 Å². The quantitative estimate of drug-likeness (QED) is 0.767. The van der Waals surface area contributed by atoms with Crippen LogP contribution in [0.15, 0.2) is 0 Å². The van der Waals surface area contributed by atoms with Gasteiger partial charge in [0.05, 0.1) is 6.54 Å². The second-order valence-electron chi connectivity index (χ2n) is 5.07. The molecule has 0 aliphatic carbocycles. The maximum Gasteiger partial charge on any atom is 0.405 e. The summed E-state index contributed by atoms with van der Waals surface area (Å²) >= 11 is 0. The fourth-order valence-corrected chi connectivity index (χ4v) is 2.13. The van der Waals surface area contributed by atoms with Crippen molar-refractivity contribution in [2.75, 3.05) is 33.2 Å². The van der Waals surface area contributed by atoms with Gasteiger partial charge in [-0.1, -0.05) is 6.42 Å². The predicted octanol–water partition coefficient (Wildman–Crippen LogP) is 1.13. The van der Waals surface area contributed by atoms with Crippen molar-refractivity contribution in [3.8, 4) is 0 Å². The van der Waals surface area contributed by atoms with E-state index in [2.05, 4.69) is 5.32 Å². The van der Waals surface area contributed by atoms with Crippen molar-refractivity contribution in [1.29, 1.82) is 0 Å². The molecule has 0 aromatic carbocycles. The molecule has 2 N–H and O–H groups in total. The van der Waals surface area contributed by atoms with Crippen molar-refractivity contribution in [2.45, 2.75) is 37.9 Å². The number of carbonyl (C=O) groups excluding carboxylic acids is 1. The van der Waals surface area contributed by atoms with E-state index in [1.807, 2.05) is 5.32 Å². The van der Waals surface area contributed by atoms with Crippen LogP contribution in [0, 0.1) is 0 Å². The van der Waals surface area contributed by atoms with Crippen molar-refractivity contribution in [1.82, 2.24) is 15.5 Å². The number of halogens is 3. The fraction of sp³-hybridized carbons (Fsp3) is 0.917. The first-order valence-corrected chi connectivity index (χ1v) is 6.62. The number of nitrogens with zero attached hydrogens (tertiary/aromatic N) is 1. The third-order valence-corrected chi connectivity index (χ3v) is 3.17. The van der Waals surface area contributed by atoms with E-state index in [-0.39, 0.29) is 6.54 Å². The van der Waals surface area contributed by atoms with Crippen LogP contribution in [0.5, 0.6) is 0 Å². The van der Waals surface area contributed by atoms with E-state index in [0.717, 1.165) is 19.4 Å². The molecule has 0 aromatic heterocycles. The lowest BCUT2D eigenvalue weighted by Crippen LogP contribution is -2.41. The Morgan fingerprint density at radius 2 is 2.16 bits per heavy atom. The van der Waals surface area contributed by atoms with E-state index >= 15 is 0 Å². The molecule has 0 aromatic rings. The first kappa shape index (κ1) is 16.2. The minimum absolute atomic E-state index is 0.00278. The van der Waals surface area contributed by atoms with E-state index in [1.165, 1.54) is 12.8 Å². The molecule has 0 radical (unpaired) electrons. The summed E-state index contributed by atoms with van der Waals surface area (Å²) in [6, 6.07) is 0.467. The van der Waals surface area contributed by atoms with Gasteiger partial charge >= 0.3 is 6.18 Å². The highest BCUT2D eigenvalue weighted by Gasteiger charge is 2.27. The number of piperidine rings is 1. The number of likely N-dealkylation sites (N-methyl/N-ethyl adjacent to an activating group) is 1. The molecule has 0 saturated carbocycles. The van der Waals surface area contributed by atoms with Crippen molar-refractivity contribution in [2.24, 2.45) is 0 Å². The van der Waals surface area contributed by atoms with Gasteiger partial charge in [-0.25, -0.2) is 0 Å². The minimum atomic E-state index is -4.35. The summed E-state index contributed by atoms with van der Waals surface area (Å²) in [6.45, 7) is 0.476. The maximum absolute atomic E-state index is 11.9. The van der Waals surface area contributed by atoms with E-state index in [4.69, 9.17) is 0 Å². The Kier molecular flexibility index (Phi) is 6.57. The van der Waals surface area contributed by atoms with Crippen LogP contribution in [0.3, 0.4) is 0 Å². The molecule has 1 aliphatic heterocycles. The highest BCUT2D eigenvalue weighted by atomic mass is 19.4. The molecule has 112 valence electrons. The molecule has 19 heavy (non-hydrogen) atoms. The zero-order chi connectivity index (χ0) is 14.3. The van der Waals surface area contributed by atoms with Gasteiger partial charge in [0.1, 0.15) is 6.54 Å². The average Bonchev–Trinajstić information content (AvgIpc) is 2.34. The number of amides is 1. The Hall–Kier alpha value is -0.820. The number of carbonyl (C=O) groups is 1. The van der Waals surface area contributed by atoms with Crippen LogP contribution in [0.2, 0.25) is 0 Å². The maximum atomic E-state index is 11.9. The van der Waals surface area contributed by atoms with Crippen LogP contribution in [-0.2, 0) is 4.79 Å². The second kappa shape index (κ2) is 7.69. The van der Waals surface area contributed by atoms with Gasteiger partial charge in [0.15, 0.2) is 0 Å². The number of alkyl halides is 3. The van der Waals surface area contributed by atoms with Crippen LogP contribution >= 0.6 is 0 Å². The summed E-state index contributed by atoms with van der Waals surface area (Å²) in [5.41, 5.74) is 0. The average molecular weight is 281 g/mol. The molecule has 1 atom stereocenters. The summed E-state index contributed by atoms with van der Waals surface area (Å²) < 4.78 is 35.7. The Bertz CT molecular complexity index is 278. The van der Waals surface area contributed by atoms with E-state index in [9.17, 15) is 18.0 Å². The third-order valence-electron chi connectivity index (χ3n) is 3.17. The lowest BCUT2D eigenvalue weighted by Gasteiger charge is -2.25. The number of nitrogens with one attached hydrogen (secondary N) is 2. The molecular weight excluding hydrogens is 259 g/mol. The zero-order valence-electron chi connectivity index (χ0n) is 11.2. The minimum Gasteiger partial charge on any atom is -0.346 e. The van der Waals surface area contributed by atoms with Gasteiger partial charge in [0, 0.05) is 6.04 Å². The van der Waals surface area contributed by atoms with Crippen LogP contribution in [0.4, 0.5) is 13.2 Å². The second-order valence-corrected chi connectivity index (χ2v) is 5.07. The monoisotopic (exact) mass is 281 g/mol. The molecule has 1 rings (SSSR count). The molecule has 4 nitrogen and oxygen atoms in total. The molecule has 1 saturated heterocycles. The van der Waals surface area contributed by atoms with Gasteiger partial charge in [-0.15, -0.1) is 0 Å². The van der Waals surface area contributed by atoms with Gasteiger partial charge in [0.25, 0.3) is 0 Å². The first-order valence-electron chi connectivity index (χ1n) is 6.62. The van der Waals surface area contributed by atoms with Gasteiger partial charge in [-0.2, -0.15) is 13.2 Å². The van der Waals surface area contributed by atoms with Crippen molar-refractivity contribution in [3.63, 3.8) is 0 Å². The Labute approximate surface area is 111 Å². The summed E-state index contributed by atoms with van der Waals surface area (Å²) in [5, 5.41) is 5.27. The summed E-state index contributed by atoms with van der Waals surface area (Å²) in [7, 11) is 1.75. The van der Waals surface area contributed by atoms with Gasteiger partial charge in [-0.3, -0.25) is 9.69 Å². The van der Waals surface area contributed by atoms with Gasteiger partial charge in [-0.05, 0) is 39.4 Å². The molecule has 1 aliphatic rings. The highest BCUT2D eigenvalue weighted by molar-refractivity contribution is 5.77. The largest absolute Gasteiger partial charge is 0.405 e. The summed E-state index contributed by atoms with van der Waals surface area (Å²) in [5.74, 6) is -0.587. The lowest BCUT2D eigenvalue weighted by atomic mass is 10.0. The fourth-order valence-electron chi connectivity index (χ4n) is 2.13. The first-order chi connectivity index (χ1) is 8.87. The molecule has 1 amide bonds. The van der Waals surface area contributed by atoms with Crippen LogP contribution in [0.1, 0.15) is 25.7 Å². The molecule has 7 heteroatoms. The molecular formula is C12H22F3N3O. The standard InChI is InChI=1S/C12H22F3N3O/c1-18(7-5-10-4-2-3-6-16-10)8-11(19)17-9-12(13,14)15/h10,16H,2-9H2,1H3,(H,17,19). The number of hydrogen-bond donors (Lipinski definition) is 2. The molecule has 0 bridgehead atoms. The normalized spacial score (nSPS) is 20.6. The molecule has 1 fully saturated rings. The number of rotatable bonds is 6. The Morgan fingerprint density at radius 1 is 1.42 bits per heavy atom. The Balaban J connectivity index is 2.12. The Morgan fingerprint density at radius 3 is 2.74 bits per heavy atom. The van der Waals surface area contributed by atoms with Crippen molar-refractivity contribution >= 4 is 5.91 Å². The van der Waals surface area contributed by atoms with Gasteiger partial charge in [0.2, 0.25) is 5.91 Å². The lowest BCUT2D eigenvalue weighted by molar-refractivity contribution is -0.138. The number of hydrogen-bond acceptors (Lipinski definition) is 3.